The summed E-state index contributed by atoms with van der Waals surface area (Å²) < 4.78 is 12.9. The molecule has 1 rings (SSSR count). The maximum Gasteiger partial charge on any atom is 0.123 e. The third kappa shape index (κ3) is 5.29. The van der Waals surface area contributed by atoms with Gasteiger partial charge in [-0.25, -0.2) is 4.39 Å². The lowest BCUT2D eigenvalue weighted by Crippen LogP contribution is -2.36. The quantitative estimate of drug-likeness (QED) is 0.714. The molecule has 0 aliphatic carbocycles. The Hall–Kier alpha value is -0.930. The summed E-state index contributed by atoms with van der Waals surface area (Å²) in [5.41, 5.74) is 2.17. The largest absolute Gasteiger partial charge is 0.315 e. The van der Waals surface area contributed by atoms with Crippen LogP contribution in [0.4, 0.5) is 4.39 Å². The number of hydrogen-bond acceptors (Lipinski definition) is 2. The van der Waals surface area contributed by atoms with Crippen LogP contribution in [0.15, 0.2) is 18.2 Å². The molecule has 0 fully saturated rings. The van der Waals surface area contributed by atoms with Gasteiger partial charge in [0.15, 0.2) is 0 Å². The number of rotatable bonds is 7. The average molecular weight is 238 g/mol. The molecule has 1 atom stereocenters. The van der Waals surface area contributed by atoms with Crippen LogP contribution in [0.5, 0.6) is 0 Å². The summed E-state index contributed by atoms with van der Waals surface area (Å²) in [6, 6.07) is 5.37. The van der Waals surface area contributed by atoms with Gasteiger partial charge in [0.2, 0.25) is 0 Å². The Kier molecular flexibility index (Phi) is 6.16. The van der Waals surface area contributed by atoms with E-state index in [0.717, 1.165) is 37.2 Å². The second kappa shape index (κ2) is 7.41. The van der Waals surface area contributed by atoms with Crippen LogP contribution in [0.2, 0.25) is 0 Å². The Labute approximate surface area is 104 Å². The Morgan fingerprint density at radius 2 is 2.12 bits per heavy atom. The first-order valence-electron chi connectivity index (χ1n) is 6.32. The zero-order valence-corrected chi connectivity index (χ0v) is 11.0. The fourth-order valence-corrected chi connectivity index (χ4v) is 1.71. The van der Waals surface area contributed by atoms with E-state index in [2.05, 4.69) is 24.5 Å². The third-order valence-corrected chi connectivity index (χ3v) is 2.82. The van der Waals surface area contributed by atoms with Crippen molar-refractivity contribution in [3.05, 3.63) is 35.1 Å². The lowest BCUT2D eigenvalue weighted by atomic mass is 10.1. The monoisotopic (exact) mass is 238 g/mol. The Bertz CT molecular complexity index is 339. The van der Waals surface area contributed by atoms with Crippen molar-refractivity contribution >= 4 is 0 Å². The number of benzene rings is 1. The first-order chi connectivity index (χ1) is 8.13. The molecule has 17 heavy (non-hydrogen) atoms. The molecule has 0 saturated carbocycles. The molecule has 2 nitrogen and oxygen atoms in total. The van der Waals surface area contributed by atoms with E-state index < -0.39 is 0 Å². The lowest BCUT2D eigenvalue weighted by molar-refractivity contribution is 0.500. The molecule has 96 valence electrons. The van der Waals surface area contributed by atoms with Crippen LogP contribution in [0.3, 0.4) is 0 Å². The number of nitrogens with one attached hydrogen (secondary N) is 2. The Balaban J connectivity index is 2.34. The lowest BCUT2D eigenvalue weighted by Gasteiger charge is -2.15. The molecule has 0 bridgehead atoms. The standard InChI is InChI=1S/C14H23FN2/c1-4-7-16-9-12(3)17-10-13-5-6-14(15)8-11(13)2/h5-6,8,12,16-17H,4,7,9-10H2,1-3H3. The van der Waals surface area contributed by atoms with E-state index in [1.165, 1.54) is 6.07 Å². The molecule has 0 radical (unpaired) electrons. The van der Waals surface area contributed by atoms with E-state index in [-0.39, 0.29) is 5.82 Å². The smallest absolute Gasteiger partial charge is 0.123 e. The highest BCUT2D eigenvalue weighted by Gasteiger charge is 2.03. The van der Waals surface area contributed by atoms with E-state index in [1.807, 2.05) is 13.0 Å². The summed E-state index contributed by atoms with van der Waals surface area (Å²) >= 11 is 0. The molecular formula is C14H23FN2. The van der Waals surface area contributed by atoms with Gasteiger partial charge in [0.05, 0.1) is 0 Å². The summed E-state index contributed by atoms with van der Waals surface area (Å²) in [7, 11) is 0. The van der Waals surface area contributed by atoms with Crippen LogP contribution in [-0.4, -0.2) is 19.1 Å². The zero-order valence-electron chi connectivity index (χ0n) is 11.0. The van der Waals surface area contributed by atoms with Gasteiger partial charge < -0.3 is 10.6 Å². The third-order valence-electron chi connectivity index (χ3n) is 2.82. The minimum absolute atomic E-state index is 0.163. The van der Waals surface area contributed by atoms with Gasteiger partial charge >= 0.3 is 0 Å². The average Bonchev–Trinajstić information content (AvgIpc) is 2.28. The van der Waals surface area contributed by atoms with E-state index in [4.69, 9.17) is 0 Å². The molecular weight excluding hydrogens is 215 g/mol. The predicted molar refractivity (Wildman–Crippen MR) is 70.6 cm³/mol. The van der Waals surface area contributed by atoms with Crippen molar-refractivity contribution in [2.45, 2.75) is 39.8 Å². The summed E-state index contributed by atoms with van der Waals surface area (Å²) in [4.78, 5) is 0. The van der Waals surface area contributed by atoms with Crippen molar-refractivity contribution in [1.82, 2.24) is 10.6 Å². The summed E-state index contributed by atoms with van der Waals surface area (Å²) in [6.07, 6.45) is 1.16. The number of halogens is 1. The molecule has 1 unspecified atom stereocenters. The molecule has 0 amide bonds. The van der Waals surface area contributed by atoms with Crippen LogP contribution in [0.1, 0.15) is 31.4 Å². The molecule has 0 aromatic heterocycles. The van der Waals surface area contributed by atoms with Crippen molar-refractivity contribution in [1.29, 1.82) is 0 Å². The molecule has 0 aliphatic rings. The predicted octanol–water partition coefficient (Wildman–Crippen LogP) is 2.61. The van der Waals surface area contributed by atoms with Gasteiger partial charge in [-0.15, -0.1) is 0 Å². The summed E-state index contributed by atoms with van der Waals surface area (Å²) in [5.74, 6) is -0.163. The minimum Gasteiger partial charge on any atom is -0.315 e. The van der Waals surface area contributed by atoms with E-state index >= 15 is 0 Å². The van der Waals surface area contributed by atoms with Crippen molar-refractivity contribution < 1.29 is 4.39 Å². The molecule has 0 heterocycles. The molecule has 3 heteroatoms. The number of aryl methyl sites for hydroxylation is 1. The van der Waals surface area contributed by atoms with Gasteiger partial charge in [0, 0.05) is 19.1 Å². The van der Waals surface area contributed by atoms with Gasteiger partial charge in [-0.1, -0.05) is 13.0 Å². The topological polar surface area (TPSA) is 24.1 Å². The first-order valence-corrected chi connectivity index (χ1v) is 6.32. The fourth-order valence-electron chi connectivity index (χ4n) is 1.71. The minimum atomic E-state index is -0.163. The highest BCUT2D eigenvalue weighted by molar-refractivity contribution is 5.26. The highest BCUT2D eigenvalue weighted by atomic mass is 19.1. The SMILES string of the molecule is CCCNCC(C)NCc1ccc(F)cc1C. The van der Waals surface area contributed by atoms with Gasteiger partial charge in [0.1, 0.15) is 5.82 Å². The van der Waals surface area contributed by atoms with Gasteiger partial charge in [-0.3, -0.25) is 0 Å². The molecule has 0 aliphatic heterocycles. The van der Waals surface area contributed by atoms with Gasteiger partial charge in [-0.2, -0.15) is 0 Å². The first kappa shape index (κ1) is 14.1. The van der Waals surface area contributed by atoms with E-state index in [9.17, 15) is 4.39 Å². The Morgan fingerprint density at radius 1 is 1.35 bits per heavy atom. The van der Waals surface area contributed by atoms with Crippen molar-refractivity contribution in [3.8, 4) is 0 Å². The molecule has 1 aromatic rings. The molecule has 2 N–H and O–H groups in total. The van der Waals surface area contributed by atoms with Crippen LogP contribution >= 0.6 is 0 Å². The second-order valence-electron chi connectivity index (χ2n) is 4.56. The second-order valence-corrected chi connectivity index (χ2v) is 4.56. The number of hydrogen-bond donors (Lipinski definition) is 2. The van der Waals surface area contributed by atoms with Crippen LogP contribution in [0.25, 0.3) is 0 Å². The van der Waals surface area contributed by atoms with E-state index in [1.54, 1.807) is 6.07 Å². The Morgan fingerprint density at radius 3 is 2.76 bits per heavy atom. The summed E-state index contributed by atoms with van der Waals surface area (Å²) in [5, 5.41) is 6.81. The van der Waals surface area contributed by atoms with Crippen LogP contribution in [0, 0.1) is 12.7 Å². The van der Waals surface area contributed by atoms with Gasteiger partial charge in [-0.05, 0) is 50.1 Å². The molecule has 0 saturated heterocycles. The van der Waals surface area contributed by atoms with Gasteiger partial charge in [0.25, 0.3) is 0 Å². The molecule has 0 spiro atoms. The fraction of sp³-hybridized carbons (Fsp3) is 0.571. The summed E-state index contributed by atoms with van der Waals surface area (Å²) in [6.45, 7) is 9.07. The van der Waals surface area contributed by atoms with Crippen LogP contribution in [-0.2, 0) is 6.54 Å². The molecule has 1 aromatic carbocycles. The highest BCUT2D eigenvalue weighted by Crippen LogP contribution is 2.09. The maximum absolute atomic E-state index is 12.9. The van der Waals surface area contributed by atoms with E-state index in [0.29, 0.717) is 6.04 Å². The van der Waals surface area contributed by atoms with Crippen molar-refractivity contribution in [3.63, 3.8) is 0 Å². The van der Waals surface area contributed by atoms with Crippen molar-refractivity contribution in [2.24, 2.45) is 0 Å². The zero-order chi connectivity index (χ0) is 12.7. The normalized spacial score (nSPS) is 12.7. The maximum atomic E-state index is 12.9. The van der Waals surface area contributed by atoms with Crippen LogP contribution < -0.4 is 10.6 Å². The van der Waals surface area contributed by atoms with Crippen molar-refractivity contribution in [2.75, 3.05) is 13.1 Å².